The fourth-order valence-corrected chi connectivity index (χ4v) is 2.03. The number of anilines is 1. The van der Waals surface area contributed by atoms with Crippen molar-refractivity contribution in [1.29, 1.82) is 5.26 Å². The standard InChI is InChI=1S/C15H13N5/c1-11-5-15-18-9-13(10-20(15)19-11)8-17-14-4-2-3-12(6-14)7-16/h2-6,9-10,17H,8H2,1H3. The molecule has 0 bridgehead atoms. The molecule has 2 heterocycles. The highest BCUT2D eigenvalue weighted by molar-refractivity contribution is 5.49. The van der Waals surface area contributed by atoms with Gasteiger partial charge in [0.1, 0.15) is 0 Å². The first-order valence-corrected chi connectivity index (χ1v) is 6.29. The van der Waals surface area contributed by atoms with Crippen molar-refractivity contribution in [1.82, 2.24) is 14.6 Å². The first-order valence-electron chi connectivity index (χ1n) is 6.29. The van der Waals surface area contributed by atoms with Crippen LogP contribution in [0, 0.1) is 18.3 Å². The fourth-order valence-electron chi connectivity index (χ4n) is 2.03. The average Bonchev–Trinajstić information content (AvgIpc) is 2.84. The quantitative estimate of drug-likeness (QED) is 0.788. The Labute approximate surface area is 116 Å². The highest BCUT2D eigenvalue weighted by atomic mass is 15.2. The second-order valence-corrected chi connectivity index (χ2v) is 4.60. The molecule has 5 heteroatoms. The third-order valence-electron chi connectivity index (χ3n) is 2.98. The molecule has 2 aromatic heterocycles. The molecule has 1 aromatic carbocycles. The second-order valence-electron chi connectivity index (χ2n) is 4.60. The molecule has 0 atom stereocenters. The van der Waals surface area contributed by atoms with E-state index in [0.717, 1.165) is 22.6 Å². The number of fused-ring (bicyclic) bond motifs is 1. The summed E-state index contributed by atoms with van der Waals surface area (Å²) in [5, 5.41) is 16.5. The van der Waals surface area contributed by atoms with Crippen molar-refractivity contribution in [3.05, 3.63) is 59.5 Å². The summed E-state index contributed by atoms with van der Waals surface area (Å²) in [4.78, 5) is 4.36. The van der Waals surface area contributed by atoms with E-state index in [-0.39, 0.29) is 0 Å². The molecular weight excluding hydrogens is 250 g/mol. The number of nitrogens with zero attached hydrogens (tertiary/aromatic N) is 4. The van der Waals surface area contributed by atoms with Gasteiger partial charge >= 0.3 is 0 Å². The van der Waals surface area contributed by atoms with Crippen LogP contribution < -0.4 is 5.32 Å². The van der Waals surface area contributed by atoms with Crippen LogP contribution in [0.25, 0.3) is 5.65 Å². The zero-order valence-corrected chi connectivity index (χ0v) is 11.0. The predicted octanol–water partition coefficient (Wildman–Crippen LogP) is 2.52. The number of hydrogen-bond donors (Lipinski definition) is 1. The monoisotopic (exact) mass is 263 g/mol. The van der Waals surface area contributed by atoms with Gasteiger partial charge in [-0.15, -0.1) is 0 Å². The molecule has 3 aromatic rings. The molecule has 0 aliphatic carbocycles. The lowest BCUT2D eigenvalue weighted by Crippen LogP contribution is -2.02. The Morgan fingerprint density at radius 1 is 1.35 bits per heavy atom. The number of nitriles is 1. The Morgan fingerprint density at radius 3 is 3.10 bits per heavy atom. The summed E-state index contributed by atoms with van der Waals surface area (Å²) in [7, 11) is 0. The van der Waals surface area contributed by atoms with E-state index in [1.165, 1.54) is 0 Å². The Balaban J connectivity index is 1.77. The first kappa shape index (κ1) is 12.2. The third-order valence-corrected chi connectivity index (χ3v) is 2.98. The van der Waals surface area contributed by atoms with Crippen LogP contribution in [-0.4, -0.2) is 14.6 Å². The third kappa shape index (κ3) is 2.45. The maximum absolute atomic E-state index is 8.87. The maximum atomic E-state index is 8.87. The largest absolute Gasteiger partial charge is 0.381 e. The van der Waals surface area contributed by atoms with Gasteiger partial charge in [-0.25, -0.2) is 9.50 Å². The lowest BCUT2D eigenvalue weighted by molar-refractivity contribution is 0.895. The van der Waals surface area contributed by atoms with Crippen LogP contribution in [0.1, 0.15) is 16.8 Å². The van der Waals surface area contributed by atoms with Crippen molar-refractivity contribution in [2.24, 2.45) is 0 Å². The molecule has 98 valence electrons. The van der Waals surface area contributed by atoms with Gasteiger partial charge in [0.05, 0.1) is 17.3 Å². The number of rotatable bonds is 3. The summed E-state index contributed by atoms with van der Waals surface area (Å²) in [6.45, 7) is 2.58. The maximum Gasteiger partial charge on any atom is 0.155 e. The lowest BCUT2D eigenvalue weighted by atomic mass is 10.2. The van der Waals surface area contributed by atoms with Crippen LogP contribution in [0.5, 0.6) is 0 Å². The molecule has 0 saturated carbocycles. The minimum atomic E-state index is 0.636. The first-order chi connectivity index (χ1) is 9.74. The SMILES string of the molecule is Cc1cc2ncc(CNc3cccc(C#N)c3)cn2n1. The summed E-state index contributed by atoms with van der Waals surface area (Å²) >= 11 is 0. The normalized spacial score (nSPS) is 10.4. The van der Waals surface area contributed by atoms with Crippen molar-refractivity contribution in [2.45, 2.75) is 13.5 Å². The summed E-state index contributed by atoms with van der Waals surface area (Å²) in [5.41, 5.74) is 4.39. The van der Waals surface area contributed by atoms with Gasteiger partial charge in [-0.3, -0.25) is 0 Å². The second kappa shape index (κ2) is 5.02. The van der Waals surface area contributed by atoms with Crippen molar-refractivity contribution in [2.75, 3.05) is 5.32 Å². The van der Waals surface area contributed by atoms with Crippen LogP contribution in [0.3, 0.4) is 0 Å². The molecule has 0 aliphatic heterocycles. The number of nitrogens with one attached hydrogen (secondary N) is 1. The number of aromatic nitrogens is 3. The fraction of sp³-hybridized carbons (Fsp3) is 0.133. The molecule has 0 aliphatic rings. The van der Waals surface area contributed by atoms with E-state index < -0.39 is 0 Å². The van der Waals surface area contributed by atoms with Crippen molar-refractivity contribution in [3.8, 4) is 6.07 Å². The Hall–Kier alpha value is -2.87. The molecule has 1 N–H and O–H groups in total. The minimum Gasteiger partial charge on any atom is -0.381 e. The molecule has 0 radical (unpaired) electrons. The smallest absolute Gasteiger partial charge is 0.155 e. The topological polar surface area (TPSA) is 66.0 Å². The molecule has 0 unspecified atom stereocenters. The van der Waals surface area contributed by atoms with Crippen LogP contribution in [0.4, 0.5) is 5.69 Å². The van der Waals surface area contributed by atoms with E-state index in [0.29, 0.717) is 12.1 Å². The van der Waals surface area contributed by atoms with E-state index in [2.05, 4.69) is 21.5 Å². The van der Waals surface area contributed by atoms with E-state index in [4.69, 9.17) is 5.26 Å². The average molecular weight is 263 g/mol. The highest BCUT2D eigenvalue weighted by Crippen LogP contribution is 2.12. The Bertz CT molecular complexity index is 797. The summed E-state index contributed by atoms with van der Waals surface area (Å²) in [6.07, 6.45) is 3.79. The van der Waals surface area contributed by atoms with Crippen molar-refractivity contribution < 1.29 is 0 Å². The number of benzene rings is 1. The van der Waals surface area contributed by atoms with E-state index in [1.807, 2.05) is 43.6 Å². The summed E-state index contributed by atoms with van der Waals surface area (Å²) in [6, 6.07) is 11.5. The van der Waals surface area contributed by atoms with Gasteiger partial charge in [0.15, 0.2) is 5.65 Å². The van der Waals surface area contributed by atoms with Gasteiger partial charge in [0.2, 0.25) is 0 Å². The lowest BCUT2D eigenvalue weighted by Gasteiger charge is -2.06. The Kier molecular flexibility index (Phi) is 3.05. The van der Waals surface area contributed by atoms with Gasteiger partial charge < -0.3 is 5.32 Å². The zero-order valence-electron chi connectivity index (χ0n) is 11.0. The summed E-state index contributed by atoms with van der Waals surface area (Å²) in [5.74, 6) is 0. The molecule has 0 spiro atoms. The molecule has 3 rings (SSSR count). The van der Waals surface area contributed by atoms with Crippen LogP contribution in [-0.2, 0) is 6.54 Å². The predicted molar refractivity (Wildman–Crippen MR) is 76.2 cm³/mol. The van der Waals surface area contributed by atoms with Gasteiger partial charge in [-0.2, -0.15) is 10.4 Å². The van der Waals surface area contributed by atoms with Crippen molar-refractivity contribution >= 4 is 11.3 Å². The minimum absolute atomic E-state index is 0.636. The molecule has 5 nitrogen and oxygen atoms in total. The zero-order chi connectivity index (χ0) is 13.9. The molecule has 0 saturated heterocycles. The molecule has 0 amide bonds. The summed E-state index contributed by atoms with van der Waals surface area (Å²) < 4.78 is 1.78. The highest BCUT2D eigenvalue weighted by Gasteiger charge is 2.01. The van der Waals surface area contributed by atoms with Crippen molar-refractivity contribution in [3.63, 3.8) is 0 Å². The van der Waals surface area contributed by atoms with E-state index >= 15 is 0 Å². The van der Waals surface area contributed by atoms with Gasteiger partial charge in [-0.1, -0.05) is 6.07 Å². The Morgan fingerprint density at radius 2 is 2.25 bits per heavy atom. The van der Waals surface area contributed by atoms with Gasteiger partial charge in [-0.05, 0) is 25.1 Å². The van der Waals surface area contributed by atoms with E-state index in [9.17, 15) is 0 Å². The van der Waals surface area contributed by atoms with Crippen LogP contribution in [0.2, 0.25) is 0 Å². The number of aryl methyl sites for hydroxylation is 1. The van der Waals surface area contributed by atoms with Crippen LogP contribution >= 0.6 is 0 Å². The van der Waals surface area contributed by atoms with Gasteiger partial charge in [0, 0.05) is 36.3 Å². The molecule has 20 heavy (non-hydrogen) atoms. The van der Waals surface area contributed by atoms with Crippen LogP contribution in [0.15, 0.2) is 42.7 Å². The molecule has 0 fully saturated rings. The van der Waals surface area contributed by atoms with E-state index in [1.54, 1.807) is 10.6 Å². The van der Waals surface area contributed by atoms with Gasteiger partial charge in [0.25, 0.3) is 0 Å². The molecular formula is C15H13N5. The number of hydrogen-bond acceptors (Lipinski definition) is 4.